The van der Waals surface area contributed by atoms with Crippen molar-refractivity contribution in [3.8, 4) is 0 Å². The van der Waals surface area contributed by atoms with Crippen molar-refractivity contribution >= 4 is 61.1 Å². The number of anilines is 1. The van der Waals surface area contributed by atoms with Gasteiger partial charge in [0, 0.05) is 16.0 Å². The third-order valence-corrected chi connectivity index (χ3v) is 10.3. The van der Waals surface area contributed by atoms with E-state index in [0.29, 0.717) is 5.56 Å². The third-order valence-electron chi connectivity index (χ3n) is 8.38. The molecule has 4 aliphatic rings. The average molecular weight is 671 g/mol. The van der Waals surface area contributed by atoms with Gasteiger partial charge in [0.15, 0.2) is 12.4 Å². The molecule has 6 nitrogen and oxygen atoms in total. The minimum atomic E-state index is -0.895. The summed E-state index contributed by atoms with van der Waals surface area (Å²) < 4.78 is 5.31. The molecule has 41 heavy (non-hydrogen) atoms. The lowest BCUT2D eigenvalue weighted by molar-refractivity contribution is -0.122. The molecule has 0 radical (unpaired) electrons. The fourth-order valence-corrected chi connectivity index (χ4v) is 8.15. The summed E-state index contributed by atoms with van der Waals surface area (Å²) in [6, 6.07) is 29.0. The van der Waals surface area contributed by atoms with Gasteiger partial charge < -0.3 is 4.74 Å². The average Bonchev–Trinajstić information content (AvgIpc) is 3.27. The van der Waals surface area contributed by atoms with E-state index in [2.05, 4.69) is 31.9 Å². The second kappa shape index (κ2) is 9.60. The molecule has 4 aromatic rings. The first kappa shape index (κ1) is 26.0. The van der Waals surface area contributed by atoms with E-state index in [-0.39, 0.29) is 34.8 Å². The van der Waals surface area contributed by atoms with E-state index in [0.717, 1.165) is 31.6 Å². The van der Waals surface area contributed by atoms with Gasteiger partial charge in [-0.05, 0) is 46.5 Å². The quantitative estimate of drug-likeness (QED) is 0.106. The topological polar surface area (TPSA) is 80.8 Å². The Kier molecular flexibility index (Phi) is 6.10. The highest BCUT2D eigenvalue weighted by Gasteiger charge is 2.67. The largest absolute Gasteiger partial charge is 0.454 e. The Balaban J connectivity index is 1.25. The van der Waals surface area contributed by atoms with Gasteiger partial charge in [0.1, 0.15) is 0 Å². The lowest BCUT2D eigenvalue weighted by Crippen LogP contribution is -2.50. The molecule has 1 fully saturated rings. The maximum atomic E-state index is 14.3. The molecule has 8 heteroatoms. The molecule has 1 saturated heterocycles. The predicted molar refractivity (Wildman–Crippen MR) is 159 cm³/mol. The molecule has 4 aromatic carbocycles. The zero-order valence-electron chi connectivity index (χ0n) is 21.4. The molecule has 0 N–H and O–H groups in total. The highest BCUT2D eigenvalue weighted by molar-refractivity contribution is 9.10. The molecule has 0 spiro atoms. The van der Waals surface area contributed by atoms with Crippen LogP contribution in [0.15, 0.2) is 102 Å². The Labute approximate surface area is 252 Å². The Morgan fingerprint density at radius 2 is 1.37 bits per heavy atom. The van der Waals surface area contributed by atoms with E-state index in [1.807, 2.05) is 48.5 Å². The van der Waals surface area contributed by atoms with Crippen LogP contribution in [0.2, 0.25) is 0 Å². The summed E-state index contributed by atoms with van der Waals surface area (Å²) in [5.41, 5.74) is 4.60. The number of benzene rings is 4. The normalized spacial score (nSPS) is 23.6. The first-order valence-corrected chi connectivity index (χ1v) is 14.7. The van der Waals surface area contributed by atoms with Crippen LogP contribution in [0.1, 0.15) is 48.9 Å². The number of ketones is 1. The summed E-state index contributed by atoms with van der Waals surface area (Å²) in [6.45, 7) is -0.473. The first-order chi connectivity index (χ1) is 19.8. The van der Waals surface area contributed by atoms with Crippen LogP contribution in [-0.4, -0.2) is 30.2 Å². The molecular formula is C33H21Br2NO5. The van der Waals surface area contributed by atoms with Gasteiger partial charge in [0.05, 0.1) is 27.4 Å². The van der Waals surface area contributed by atoms with Crippen molar-refractivity contribution in [2.45, 2.75) is 10.2 Å². The smallest absolute Gasteiger partial charge is 0.340 e. The monoisotopic (exact) mass is 669 g/mol. The lowest BCUT2D eigenvalue weighted by Gasteiger charge is -2.51. The van der Waals surface area contributed by atoms with E-state index in [4.69, 9.17) is 4.74 Å². The molecule has 202 valence electrons. The number of carbonyl (C=O) groups excluding carboxylic acids is 4. The van der Waals surface area contributed by atoms with Gasteiger partial charge in [-0.1, -0.05) is 105 Å². The van der Waals surface area contributed by atoms with Gasteiger partial charge in [-0.3, -0.25) is 14.4 Å². The van der Waals surface area contributed by atoms with Gasteiger partial charge in [-0.25, -0.2) is 9.69 Å². The number of carbonyl (C=O) groups is 4. The van der Waals surface area contributed by atoms with Gasteiger partial charge in [0.25, 0.3) is 0 Å². The molecule has 2 bridgehead atoms. The molecule has 2 amide bonds. The third kappa shape index (κ3) is 3.73. The number of esters is 1. The van der Waals surface area contributed by atoms with Crippen LogP contribution in [0.25, 0.3) is 0 Å². The Bertz CT molecular complexity index is 1740. The zero-order valence-corrected chi connectivity index (χ0v) is 24.6. The maximum absolute atomic E-state index is 14.3. The van der Waals surface area contributed by atoms with E-state index in [9.17, 15) is 19.2 Å². The fraction of sp³-hybridized carbons (Fsp3) is 0.152. The number of amides is 2. The number of para-hydroxylation sites is 1. The number of imide groups is 1. The van der Waals surface area contributed by atoms with Crippen LogP contribution in [0.3, 0.4) is 0 Å². The van der Waals surface area contributed by atoms with E-state index in [1.54, 1.807) is 42.5 Å². The second-order valence-electron chi connectivity index (χ2n) is 10.4. The number of ether oxygens (including phenoxy) is 1. The summed E-state index contributed by atoms with van der Waals surface area (Å²) in [7, 11) is 0. The molecular weight excluding hydrogens is 650 g/mol. The van der Waals surface area contributed by atoms with Crippen molar-refractivity contribution in [1.82, 2.24) is 0 Å². The number of halogens is 2. The van der Waals surface area contributed by atoms with Crippen LogP contribution >= 0.6 is 31.9 Å². The molecule has 0 saturated carbocycles. The minimum Gasteiger partial charge on any atom is -0.454 e. The van der Waals surface area contributed by atoms with E-state index < -0.39 is 28.7 Å². The van der Waals surface area contributed by atoms with Gasteiger partial charge in [-0.15, -0.1) is 0 Å². The highest BCUT2D eigenvalue weighted by atomic mass is 79.9. The van der Waals surface area contributed by atoms with Gasteiger partial charge >= 0.3 is 5.97 Å². The fourth-order valence-electron chi connectivity index (χ4n) is 6.69. The Morgan fingerprint density at radius 1 is 0.780 bits per heavy atom. The van der Waals surface area contributed by atoms with Gasteiger partial charge in [-0.2, -0.15) is 0 Å². The van der Waals surface area contributed by atoms with Crippen LogP contribution in [0, 0.1) is 11.8 Å². The van der Waals surface area contributed by atoms with E-state index >= 15 is 0 Å². The first-order valence-electron chi connectivity index (χ1n) is 13.1. The molecule has 1 aliphatic heterocycles. The van der Waals surface area contributed by atoms with Crippen molar-refractivity contribution in [1.29, 1.82) is 0 Å². The van der Waals surface area contributed by atoms with Crippen molar-refractivity contribution in [3.05, 3.63) is 135 Å². The SMILES string of the molecule is O=C(COC(=O)c1ccccc1N1C(=O)[C@H]2C3c4ccccc4C(Br)(c4ccccc43)[C@H]2C1=O)c1ccc(Br)cc1. The number of hydrogen-bond acceptors (Lipinski definition) is 5. The van der Waals surface area contributed by atoms with Crippen molar-refractivity contribution in [2.24, 2.45) is 11.8 Å². The summed E-state index contributed by atoms with van der Waals surface area (Å²) >= 11 is 7.32. The van der Waals surface area contributed by atoms with Gasteiger partial charge in [0.2, 0.25) is 11.8 Å². The maximum Gasteiger partial charge on any atom is 0.340 e. The second-order valence-corrected chi connectivity index (χ2v) is 12.6. The predicted octanol–water partition coefficient (Wildman–Crippen LogP) is 6.39. The number of alkyl halides is 1. The summed E-state index contributed by atoms with van der Waals surface area (Å²) in [4.78, 5) is 55.5. The zero-order chi connectivity index (χ0) is 28.5. The summed E-state index contributed by atoms with van der Waals surface area (Å²) in [5.74, 6) is -3.53. The highest BCUT2D eigenvalue weighted by Crippen LogP contribution is 2.66. The van der Waals surface area contributed by atoms with E-state index in [1.165, 1.54) is 6.07 Å². The summed E-state index contributed by atoms with van der Waals surface area (Å²) in [5, 5.41) is 0. The number of nitrogens with zero attached hydrogens (tertiary/aromatic N) is 1. The molecule has 2 atom stereocenters. The minimum absolute atomic E-state index is 0.0439. The molecule has 8 rings (SSSR count). The van der Waals surface area contributed by atoms with Crippen LogP contribution < -0.4 is 4.90 Å². The van der Waals surface area contributed by atoms with Crippen LogP contribution in [0.5, 0.6) is 0 Å². The van der Waals surface area contributed by atoms with Crippen molar-refractivity contribution < 1.29 is 23.9 Å². The molecule has 0 aromatic heterocycles. The summed E-state index contributed by atoms with van der Waals surface area (Å²) in [6.07, 6.45) is 0. The Hall–Kier alpha value is -3.88. The van der Waals surface area contributed by atoms with Crippen molar-refractivity contribution in [3.63, 3.8) is 0 Å². The van der Waals surface area contributed by atoms with Crippen LogP contribution in [-0.2, 0) is 18.7 Å². The van der Waals surface area contributed by atoms with Crippen molar-refractivity contribution in [2.75, 3.05) is 11.5 Å². The number of Topliss-reactive ketones (excluding diaryl/α,β-unsaturated/α-hetero) is 1. The molecule has 3 aliphatic carbocycles. The lowest BCUT2D eigenvalue weighted by atomic mass is 9.55. The molecule has 0 unspecified atom stereocenters. The van der Waals surface area contributed by atoms with Crippen LogP contribution in [0.4, 0.5) is 5.69 Å². The number of rotatable bonds is 5. The molecule has 1 heterocycles. The standard InChI is InChI=1S/C33H21Br2NO5/c34-19-15-13-18(14-16-19)26(37)17-41-32(40)22-9-3-6-12-25(22)36-30(38)28-27-20-7-1-4-10-23(20)33(35,29(28)31(36)39)24-11-5-2-8-21(24)27/h1-16,27-29H,17H2/t27?,28-,29+,33?/m0/s1. The number of hydrogen-bond donors (Lipinski definition) is 0. The Morgan fingerprint density at radius 3 is 2.02 bits per heavy atom.